The summed E-state index contributed by atoms with van der Waals surface area (Å²) in [6.07, 6.45) is 2.97. The monoisotopic (exact) mass is 386 g/mol. The van der Waals surface area contributed by atoms with E-state index in [1.165, 1.54) is 45.0 Å². The average molecular weight is 386 g/mol. The average Bonchev–Trinajstić information content (AvgIpc) is 2.62. The van der Waals surface area contributed by atoms with Gasteiger partial charge in [-0.25, -0.2) is 16.8 Å². The Hall–Kier alpha value is -1.52. The van der Waals surface area contributed by atoms with Crippen molar-refractivity contribution in [2.24, 2.45) is 0 Å². The van der Waals surface area contributed by atoms with Crippen molar-refractivity contribution in [2.45, 2.75) is 9.79 Å². The summed E-state index contributed by atoms with van der Waals surface area (Å²) in [6.45, 7) is 8.66. The topological polar surface area (TPSA) is 84.0 Å². The second-order valence-electron chi connectivity index (χ2n) is 5.39. The zero-order valence-corrected chi connectivity index (χ0v) is 15.5. The number of hydrogen-bond donors (Lipinski definition) is 0. The van der Waals surface area contributed by atoms with E-state index in [9.17, 15) is 16.8 Å². The molecule has 0 atom stereocenters. The number of nitrogens with zero attached hydrogens (tertiary/aromatic N) is 2. The second-order valence-corrected chi connectivity index (χ2v) is 9.26. The molecule has 0 unspecified atom stereocenters. The van der Waals surface area contributed by atoms with Crippen molar-refractivity contribution in [3.63, 3.8) is 0 Å². The lowest BCUT2D eigenvalue weighted by Gasteiger charge is -2.26. The predicted molar refractivity (Wildman–Crippen MR) is 95.2 cm³/mol. The predicted octanol–water partition coefficient (Wildman–Crippen LogP) is 1.07. The molecule has 7 nitrogen and oxygen atoms in total. The molecule has 1 aromatic rings. The van der Waals surface area contributed by atoms with Gasteiger partial charge in [0, 0.05) is 26.2 Å². The Bertz CT molecular complexity index is 801. The number of sulfonamides is 2. The molecule has 0 bridgehead atoms. The summed E-state index contributed by atoms with van der Waals surface area (Å²) in [7, 11) is -7.40. The molecule has 25 heavy (non-hydrogen) atoms. The van der Waals surface area contributed by atoms with Crippen molar-refractivity contribution in [1.82, 2.24) is 8.61 Å². The van der Waals surface area contributed by atoms with E-state index in [2.05, 4.69) is 13.2 Å². The third-order valence-electron chi connectivity index (χ3n) is 3.73. The fraction of sp³-hybridized carbons (Fsp3) is 0.375. The smallest absolute Gasteiger partial charge is 0.243 e. The van der Waals surface area contributed by atoms with E-state index in [4.69, 9.17) is 4.74 Å². The van der Waals surface area contributed by atoms with Crippen molar-refractivity contribution < 1.29 is 21.6 Å². The van der Waals surface area contributed by atoms with E-state index in [0.717, 1.165) is 0 Å². The molecular weight excluding hydrogens is 364 g/mol. The first-order chi connectivity index (χ1) is 11.8. The summed E-state index contributed by atoms with van der Waals surface area (Å²) >= 11 is 0. The van der Waals surface area contributed by atoms with Gasteiger partial charge in [-0.1, -0.05) is 12.2 Å². The highest BCUT2D eigenvalue weighted by molar-refractivity contribution is 7.89. The van der Waals surface area contributed by atoms with E-state index >= 15 is 0 Å². The molecule has 2 rings (SSSR count). The van der Waals surface area contributed by atoms with Crippen LogP contribution in [-0.4, -0.2) is 64.8 Å². The van der Waals surface area contributed by atoms with Gasteiger partial charge in [0.05, 0.1) is 23.0 Å². The first kappa shape index (κ1) is 19.8. The van der Waals surface area contributed by atoms with Gasteiger partial charge >= 0.3 is 0 Å². The summed E-state index contributed by atoms with van der Waals surface area (Å²) in [5.41, 5.74) is 0. The van der Waals surface area contributed by atoms with Gasteiger partial charge in [0.1, 0.15) is 0 Å². The highest BCUT2D eigenvalue weighted by atomic mass is 32.2. The molecule has 1 aliphatic rings. The van der Waals surface area contributed by atoms with Crippen molar-refractivity contribution in [1.29, 1.82) is 0 Å². The molecule has 1 aliphatic heterocycles. The molecule has 0 radical (unpaired) electrons. The molecule has 0 spiro atoms. The van der Waals surface area contributed by atoms with Gasteiger partial charge in [-0.3, -0.25) is 0 Å². The highest BCUT2D eigenvalue weighted by Crippen LogP contribution is 2.21. The minimum atomic E-state index is -3.75. The maximum atomic E-state index is 12.6. The zero-order valence-electron chi connectivity index (χ0n) is 13.9. The summed E-state index contributed by atoms with van der Waals surface area (Å²) < 4.78 is 58.1. The van der Waals surface area contributed by atoms with Crippen LogP contribution in [0.3, 0.4) is 0 Å². The van der Waals surface area contributed by atoms with Crippen molar-refractivity contribution >= 4 is 20.0 Å². The Balaban J connectivity index is 2.29. The zero-order chi connectivity index (χ0) is 18.5. The lowest BCUT2D eigenvalue weighted by molar-refractivity contribution is 0.0730. The van der Waals surface area contributed by atoms with E-state index < -0.39 is 20.0 Å². The van der Waals surface area contributed by atoms with Crippen LogP contribution in [0.5, 0.6) is 0 Å². The highest BCUT2D eigenvalue weighted by Gasteiger charge is 2.28. The lowest BCUT2D eigenvalue weighted by Crippen LogP contribution is -2.40. The van der Waals surface area contributed by atoms with Crippen LogP contribution >= 0.6 is 0 Å². The van der Waals surface area contributed by atoms with Crippen molar-refractivity contribution in [2.75, 3.05) is 39.4 Å². The van der Waals surface area contributed by atoms with Gasteiger partial charge < -0.3 is 4.74 Å². The van der Waals surface area contributed by atoms with Gasteiger partial charge in [0.2, 0.25) is 20.0 Å². The molecule has 138 valence electrons. The maximum absolute atomic E-state index is 12.6. The molecule has 0 aromatic heterocycles. The van der Waals surface area contributed by atoms with Gasteiger partial charge in [-0.15, -0.1) is 13.2 Å². The summed E-state index contributed by atoms with van der Waals surface area (Å²) in [6, 6.07) is 5.25. The Labute approximate surface area is 149 Å². The van der Waals surface area contributed by atoms with Crippen LogP contribution in [0.4, 0.5) is 0 Å². The molecule has 0 N–H and O–H groups in total. The van der Waals surface area contributed by atoms with Gasteiger partial charge in [-0.05, 0) is 24.3 Å². The van der Waals surface area contributed by atoms with Crippen LogP contribution in [0.15, 0.2) is 59.4 Å². The summed E-state index contributed by atoms with van der Waals surface area (Å²) in [4.78, 5) is 0.0875. The van der Waals surface area contributed by atoms with Gasteiger partial charge in [0.15, 0.2) is 0 Å². The van der Waals surface area contributed by atoms with E-state index in [0.29, 0.717) is 13.2 Å². The first-order valence-electron chi connectivity index (χ1n) is 7.74. The normalized spacial score (nSPS) is 16.7. The quantitative estimate of drug-likeness (QED) is 0.624. The molecule has 0 saturated carbocycles. The van der Waals surface area contributed by atoms with Gasteiger partial charge in [0.25, 0.3) is 0 Å². The van der Waals surface area contributed by atoms with Crippen LogP contribution in [0.2, 0.25) is 0 Å². The number of benzene rings is 1. The summed E-state index contributed by atoms with van der Waals surface area (Å²) in [5.74, 6) is 0. The molecule has 1 saturated heterocycles. The van der Waals surface area contributed by atoms with Crippen LogP contribution in [-0.2, 0) is 24.8 Å². The molecule has 9 heteroatoms. The molecule has 0 aliphatic carbocycles. The maximum Gasteiger partial charge on any atom is 0.243 e. The summed E-state index contributed by atoms with van der Waals surface area (Å²) in [5, 5.41) is 0. The fourth-order valence-corrected chi connectivity index (χ4v) is 5.22. The van der Waals surface area contributed by atoms with Crippen LogP contribution in [0.1, 0.15) is 0 Å². The van der Waals surface area contributed by atoms with Gasteiger partial charge in [-0.2, -0.15) is 8.61 Å². The first-order valence-corrected chi connectivity index (χ1v) is 10.6. The van der Waals surface area contributed by atoms with Crippen LogP contribution < -0.4 is 0 Å². The van der Waals surface area contributed by atoms with E-state index in [-0.39, 0.29) is 36.0 Å². The Morgan fingerprint density at radius 3 is 1.92 bits per heavy atom. The molecule has 1 aromatic carbocycles. The largest absolute Gasteiger partial charge is 0.379 e. The number of hydrogen-bond acceptors (Lipinski definition) is 5. The van der Waals surface area contributed by atoms with Crippen LogP contribution in [0.25, 0.3) is 0 Å². The molecular formula is C16H22N2O5S2. The minimum Gasteiger partial charge on any atom is -0.379 e. The Morgan fingerprint density at radius 2 is 1.44 bits per heavy atom. The van der Waals surface area contributed by atoms with Crippen molar-refractivity contribution in [3.8, 4) is 0 Å². The van der Waals surface area contributed by atoms with E-state index in [1.807, 2.05) is 0 Å². The Kier molecular flexibility index (Phi) is 6.53. The third kappa shape index (κ3) is 4.36. The minimum absolute atomic E-state index is 0.0251. The molecule has 1 heterocycles. The van der Waals surface area contributed by atoms with Crippen LogP contribution in [0, 0.1) is 0 Å². The third-order valence-corrected chi connectivity index (χ3v) is 7.49. The van der Waals surface area contributed by atoms with E-state index in [1.54, 1.807) is 0 Å². The SMILES string of the molecule is C=CCN(CC=C)S(=O)(=O)c1ccc(S(=O)(=O)N2CCOCC2)cc1. The molecule has 1 fully saturated rings. The lowest BCUT2D eigenvalue weighted by atomic mass is 10.4. The second kappa shape index (κ2) is 8.24. The number of ether oxygens (including phenoxy) is 1. The standard InChI is InChI=1S/C16H22N2O5S2/c1-3-9-17(10-4-2)24(19,20)15-5-7-16(8-6-15)25(21,22)18-11-13-23-14-12-18/h3-8H,1-2,9-14H2. The number of rotatable bonds is 8. The Morgan fingerprint density at radius 1 is 0.960 bits per heavy atom. The molecule has 0 amide bonds. The van der Waals surface area contributed by atoms with Crippen molar-refractivity contribution in [3.05, 3.63) is 49.6 Å². The number of morpholine rings is 1. The fourth-order valence-electron chi connectivity index (χ4n) is 2.43.